The van der Waals surface area contributed by atoms with Gasteiger partial charge in [0, 0.05) is 29.8 Å². The van der Waals surface area contributed by atoms with E-state index in [-0.39, 0.29) is 37.7 Å². The van der Waals surface area contributed by atoms with Gasteiger partial charge < -0.3 is 10.0 Å². The third-order valence-electron chi connectivity index (χ3n) is 3.18. The van der Waals surface area contributed by atoms with Crippen molar-refractivity contribution < 1.29 is 9.90 Å². The van der Waals surface area contributed by atoms with Crippen molar-refractivity contribution in [3.8, 4) is 0 Å². The van der Waals surface area contributed by atoms with E-state index in [4.69, 9.17) is 21.5 Å². The van der Waals surface area contributed by atoms with Crippen LogP contribution in [0.4, 0.5) is 0 Å². The van der Waals surface area contributed by atoms with E-state index < -0.39 is 5.97 Å². The second-order valence-corrected chi connectivity index (χ2v) is 5.91. The van der Waals surface area contributed by atoms with Gasteiger partial charge in [-0.15, -0.1) is 0 Å². The van der Waals surface area contributed by atoms with E-state index in [2.05, 4.69) is 42.2 Å². The number of carboxylic acid groups (broad SMARTS) is 1. The van der Waals surface area contributed by atoms with Crippen molar-refractivity contribution in [2.75, 3.05) is 20.6 Å². The van der Waals surface area contributed by atoms with E-state index in [1.165, 1.54) is 5.56 Å². The third-order valence-corrected chi connectivity index (χ3v) is 3.43. The second-order valence-electron chi connectivity index (χ2n) is 5.47. The van der Waals surface area contributed by atoms with Crippen molar-refractivity contribution in [3.05, 3.63) is 64.9 Å². The first kappa shape index (κ1) is 23.3. The predicted molar refractivity (Wildman–Crippen MR) is 103 cm³/mol. The van der Waals surface area contributed by atoms with Crippen LogP contribution in [0.3, 0.4) is 0 Å². The van der Waals surface area contributed by atoms with E-state index in [0.29, 0.717) is 5.92 Å². The Morgan fingerprint density at radius 1 is 1.21 bits per heavy atom. The summed E-state index contributed by atoms with van der Waals surface area (Å²) in [5.41, 5.74) is 2.39. The van der Waals surface area contributed by atoms with Crippen molar-refractivity contribution in [1.82, 2.24) is 9.88 Å². The molecule has 4 nitrogen and oxygen atoms in total. The fourth-order valence-corrected chi connectivity index (χ4v) is 2.28. The molecule has 1 heterocycles. The van der Waals surface area contributed by atoms with Crippen LogP contribution in [-0.4, -0.2) is 79.3 Å². The number of aliphatic carboxylic acids is 1. The van der Waals surface area contributed by atoms with Gasteiger partial charge in [-0.25, -0.2) is 0 Å². The Kier molecular flexibility index (Phi) is 12.3. The molecule has 0 saturated carbocycles. The number of nitrogens with zero attached hydrogens (tertiary/aromatic N) is 2. The van der Waals surface area contributed by atoms with Gasteiger partial charge in [0.15, 0.2) is 0 Å². The number of aromatic nitrogens is 1. The molecule has 1 N–H and O–H groups in total. The molecule has 6 heteroatoms. The van der Waals surface area contributed by atoms with Gasteiger partial charge in [-0.3, -0.25) is 9.78 Å². The monoisotopic (exact) mass is 376 g/mol. The Morgan fingerprint density at radius 2 is 1.79 bits per heavy atom. The zero-order chi connectivity index (χ0) is 17.2. The molecule has 0 radical (unpaired) electrons. The molecule has 0 aliphatic carbocycles. The minimum atomic E-state index is -0.833. The Hall–Kier alpha value is -0.650. The Labute approximate surface area is 178 Å². The fourth-order valence-electron chi connectivity index (χ4n) is 2.15. The number of rotatable bonds is 5. The first-order valence-electron chi connectivity index (χ1n) is 7.40. The normalized spacial score (nSPS) is 11.0. The Bertz CT molecular complexity index is 588. The maximum atomic E-state index is 9.00. The van der Waals surface area contributed by atoms with Crippen molar-refractivity contribution >= 4 is 55.3 Å². The number of pyridine rings is 1. The van der Waals surface area contributed by atoms with E-state index >= 15 is 0 Å². The number of hydrogen-bond acceptors (Lipinski definition) is 3. The molecule has 0 aliphatic rings. The van der Waals surface area contributed by atoms with E-state index in [9.17, 15) is 0 Å². The molecule has 1 aromatic heterocycles. The predicted octanol–water partition coefficient (Wildman–Crippen LogP) is 2.99. The molecular formula is C18H25CaClN2O2. The molecular weight excluding hydrogens is 352 g/mol. The van der Waals surface area contributed by atoms with Crippen LogP contribution in [0, 0.1) is 0 Å². The van der Waals surface area contributed by atoms with Crippen LogP contribution in [0.15, 0.2) is 48.7 Å². The first-order chi connectivity index (χ1) is 10.9. The number of carboxylic acids is 1. The van der Waals surface area contributed by atoms with Gasteiger partial charge in [-0.05, 0) is 56.9 Å². The minimum absolute atomic E-state index is 0. The van der Waals surface area contributed by atoms with E-state index in [0.717, 1.165) is 30.6 Å². The van der Waals surface area contributed by atoms with Crippen LogP contribution in [0.1, 0.15) is 30.5 Å². The van der Waals surface area contributed by atoms with Crippen LogP contribution in [-0.2, 0) is 4.79 Å². The summed E-state index contributed by atoms with van der Waals surface area (Å²) in [4.78, 5) is 15.7. The van der Waals surface area contributed by atoms with Crippen molar-refractivity contribution in [1.29, 1.82) is 0 Å². The summed E-state index contributed by atoms with van der Waals surface area (Å²) in [6.45, 7) is 2.11. The van der Waals surface area contributed by atoms with Crippen LogP contribution in [0.25, 0.3) is 0 Å². The standard InChI is InChI=1S/C16H19ClN2.C2H4O2.Ca.2H/c1-19(2)12-10-15(16-5-3-4-11-18-16)13-6-8-14(17)9-7-13;1-2(3)4;;;/h3-9,11,15H,10,12H2,1-2H3;1H3,(H,3,4);;;. The molecule has 0 amide bonds. The van der Waals surface area contributed by atoms with Gasteiger partial charge >= 0.3 is 37.7 Å². The summed E-state index contributed by atoms with van der Waals surface area (Å²) in [5, 5.41) is 8.19. The van der Waals surface area contributed by atoms with Crippen LogP contribution in [0.2, 0.25) is 5.02 Å². The molecule has 0 bridgehead atoms. The number of carbonyl (C=O) groups is 1. The van der Waals surface area contributed by atoms with Crippen LogP contribution >= 0.6 is 11.6 Å². The van der Waals surface area contributed by atoms with Crippen molar-refractivity contribution in [3.63, 3.8) is 0 Å². The Balaban J connectivity index is 0.000000954. The summed E-state index contributed by atoms with van der Waals surface area (Å²) >= 11 is 5.97. The van der Waals surface area contributed by atoms with Gasteiger partial charge in [0.2, 0.25) is 0 Å². The average Bonchev–Trinajstić information content (AvgIpc) is 2.49. The molecule has 0 saturated heterocycles. The molecule has 1 aromatic carbocycles. The molecule has 0 fully saturated rings. The maximum absolute atomic E-state index is 9.00. The summed E-state index contributed by atoms with van der Waals surface area (Å²) in [7, 11) is 4.19. The summed E-state index contributed by atoms with van der Waals surface area (Å²) in [6, 6.07) is 14.2. The topological polar surface area (TPSA) is 53.4 Å². The van der Waals surface area contributed by atoms with Gasteiger partial charge in [0.25, 0.3) is 5.97 Å². The number of halogens is 1. The first-order valence-corrected chi connectivity index (χ1v) is 7.78. The molecule has 0 spiro atoms. The molecule has 24 heavy (non-hydrogen) atoms. The van der Waals surface area contributed by atoms with Crippen LogP contribution in [0.5, 0.6) is 0 Å². The number of hydrogen-bond donors (Lipinski definition) is 1. The van der Waals surface area contributed by atoms with Crippen LogP contribution < -0.4 is 0 Å². The zero-order valence-corrected chi connectivity index (χ0v) is 14.5. The summed E-state index contributed by atoms with van der Waals surface area (Å²) in [5.74, 6) is -0.513. The average molecular weight is 377 g/mol. The second kappa shape index (κ2) is 12.7. The molecule has 1 atom stereocenters. The van der Waals surface area contributed by atoms with Crippen molar-refractivity contribution in [2.24, 2.45) is 0 Å². The van der Waals surface area contributed by atoms with Gasteiger partial charge in [-0.2, -0.15) is 0 Å². The summed E-state index contributed by atoms with van der Waals surface area (Å²) in [6.07, 6.45) is 2.90. The molecule has 128 valence electrons. The molecule has 2 aromatic rings. The van der Waals surface area contributed by atoms with Gasteiger partial charge in [0.1, 0.15) is 0 Å². The molecule has 2 rings (SSSR count). The zero-order valence-electron chi connectivity index (χ0n) is 13.7. The summed E-state index contributed by atoms with van der Waals surface area (Å²) < 4.78 is 0. The number of benzene rings is 1. The van der Waals surface area contributed by atoms with E-state index in [1.54, 1.807) is 0 Å². The third kappa shape index (κ3) is 9.60. The van der Waals surface area contributed by atoms with Crippen molar-refractivity contribution in [2.45, 2.75) is 19.3 Å². The quantitative estimate of drug-likeness (QED) is 0.815. The molecule has 0 aliphatic heterocycles. The Morgan fingerprint density at radius 3 is 2.25 bits per heavy atom. The fraction of sp³-hybridized carbons (Fsp3) is 0.333. The van der Waals surface area contributed by atoms with Gasteiger partial charge in [0.05, 0.1) is 0 Å². The SMILES string of the molecule is CC(=O)O.CN(C)CCC(c1ccc(Cl)cc1)c1ccccn1.[CaH2]. The molecule has 1 unspecified atom stereocenters. The van der Waals surface area contributed by atoms with E-state index in [1.807, 2.05) is 30.5 Å². The van der Waals surface area contributed by atoms with Gasteiger partial charge in [-0.1, -0.05) is 29.8 Å².